The SMILES string of the molecule is C=C(C)CO[C@@H]([C@H](C)O)[C@H](COCC(NC(=O)OCc1ccccc1)C(=O)OC)OCC(=C)C. The van der Waals surface area contributed by atoms with Crippen LogP contribution in [0.3, 0.4) is 0 Å². The molecule has 0 fully saturated rings. The molecular weight excluding hydrogens is 442 g/mol. The molecule has 0 heterocycles. The minimum absolute atomic E-state index is 0.0206. The molecule has 0 aliphatic carbocycles. The molecule has 1 rings (SSSR count). The number of nitrogens with one attached hydrogen (secondary N) is 1. The van der Waals surface area contributed by atoms with Gasteiger partial charge in [-0.15, -0.1) is 0 Å². The van der Waals surface area contributed by atoms with E-state index in [1.54, 1.807) is 6.92 Å². The van der Waals surface area contributed by atoms with Crippen LogP contribution in [0, 0.1) is 0 Å². The van der Waals surface area contributed by atoms with Gasteiger partial charge in [0.25, 0.3) is 0 Å². The molecule has 1 aromatic carbocycles. The zero-order valence-electron chi connectivity index (χ0n) is 20.5. The fourth-order valence-electron chi connectivity index (χ4n) is 2.80. The second-order valence-electron chi connectivity index (χ2n) is 8.10. The van der Waals surface area contributed by atoms with Crippen LogP contribution in [-0.2, 0) is 35.1 Å². The van der Waals surface area contributed by atoms with Crippen molar-refractivity contribution in [3.63, 3.8) is 0 Å². The molecule has 0 radical (unpaired) electrons. The van der Waals surface area contributed by atoms with Gasteiger partial charge in [-0.25, -0.2) is 9.59 Å². The summed E-state index contributed by atoms with van der Waals surface area (Å²) in [6.45, 7) is 13.1. The number of benzene rings is 1. The lowest BCUT2D eigenvalue weighted by Crippen LogP contribution is -2.47. The predicted molar refractivity (Wildman–Crippen MR) is 127 cm³/mol. The van der Waals surface area contributed by atoms with Crippen molar-refractivity contribution in [2.45, 2.75) is 51.7 Å². The number of aliphatic hydroxyl groups is 1. The maximum atomic E-state index is 12.2. The lowest BCUT2D eigenvalue weighted by molar-refractivity contribution is -0.148. The van der Waals surface area contributed by atoms with Crippen LogP contribution >= 0.6 is 0 Å². The number of ether oxygens (including phenoxy) is 5. The number of methoxy groups -OCH3 is 1. The third-order valence-electron chi connectivity index (χ3n) is 4.47. The topological polar surface area (TPSA) is 113 Å². The molecule has 0 spiro atoms. The van der Waals surface area contributed by atoms with Crippen LogP contribution in [-0.4, -0.2) is 75.1 Å². The first kappa shape index (κ1) is 29.3. The molecule has 190 valence electrons. The molecule has 0 bridgehead atoms. The molecule has 2 N–H and O–H groups in total. The smallest absolute Gasteiger partial charge is 0.408 e. The third-order valence-corrected chi connectivity index (χ3v) is 4.47. The van der Waals surface area contributed by atoms with Crippen molar-refractivity contribution in [1.82, 2.24) is 5.32 Å². The molecule has 1 aromatic rings. The zero-order valence-corrected chi connectivity index (χ0v) is 20.5. The number of rotatable bonds is 16. The highest BCUT2D eigenvalue weighted by Crippen LogP contribution is 2.13. The number of amides is 1. The van der Waals surface area contributed by atoms with E-state index >= 15 is 0 Å². The third kappa shape index (κ3) is 11.9. The summed E-state index contributed by atoms with van der Waals surface area (Å²) in [7, 11) is 1.21. The molecular formula is C25H37NO8. The monoisotopic (exact) mass is 479 g/mol. The standard InChI is InChI=1S/C25H37NO8/c1-17(2)12-32-22(23(19(5)27)33-13-18(3)4)16-31-15-21(24(28)30-6)26-25(29)34-14-20-10-8-7-9-11-20/h7-11,19,21-23,27H,1,3,12-16H2,2,4-6H3,(H,26,29)/t19-,21?,22-,23-/m0/s1. The quantitative estimate of drug-likeness (QED) is 0.275. The number of aliphatic hydroxyl groups excluding tert-OH is 1. The van der Waals surface area contributed by atoms with Gasteiger partial charge in [0.15, 0.2) is 6.04 Å². The van der Waals surface area contributed by atoms with Crippen LogP contribution in [0.15, 0.2) is 54.6 Å². The number of hydrogen-bond acceptors (Lipinski definition) is 8. The van der Waals surface area contributed by atoms with E-state index in [4.69, 9.17) is 23.7 Å². The van der Waals surface area contributed by atoms with Gasteiger partial charge >= 0.3 is 12.1 Å². The van der Waals surface area contributed by atoms with Crippen molar-refractivity contribution >= 4 is 12.1 Å². The van der Waals surface area contributed by atoms with Crippen LogP contribution in [0.1, 0.15) is 26.3 Å². The Balaban J connectivity index is 2.72. The van der Waals surface area contributed by atoms with Gasteiger partial charge < -0.3 is 34.1 Å². The molecule has 0 aliphatic rings. The van der Waals surface area contributed by atoms with Crippen LogP contribution in [0.5, 0.6) is 0 Å². The summed E-state index contributed by atoms with van der Waals surface area (Å²) in [6, 6.07) is 8.04. The number of alkyl carbamates (subject to hydrolysis) is 1. The van der Waals surface area contributed by atoms with Gasteiger partial charge in [-0.2, -0.15) is 0 Å². The van der Waals surface area contributed by atoms with Crippen LogP contribution in [0.2, 0.25) is 0 Å². The zero-order chi connectivity index (χ0) is 25.5. The highest BCUT2D eigenvalue weighted by molar-refractivity contribution is 5.81. The molecule has 0 saturated carbocycles. The Morgan fingerprint density at radius 3 is 2.21 bits per heavy atom. The molecule has 34 heavy (non-hydrogen) atoms. The maximum absolute atomic E-state index is 12.2. The Labute approximate surface area is 201 Å². The minimum Gasteiger partial charge on any atom is -0.467 e. The van der Waals surface area contributed by atoms with Gasteiger partial charge in [0.2, 0.25) is 0 Å². The van der Waals surface area contributed by atoms with Crippen LogP contribution < -0.4 is 5.32 Å². The van der Waals surface area contributed by atoms with Crippen molar-refractivity contribution in [2.24, 2.45) is 0 Å². The van der Waals surface area contributed by atoms with E-state index in [9.17, 15) is 14.7 Å². The lowest BCUT2D eigenvalue weighted by Gasteiger charge is -2.30. The normalized spacial score (nSPS) is 14.4. The summed E-state index contributed by atoms with van der Waals surface area (Å²) < 4.78 is 27.2. The Bertz CT molecular complexity index is 780. The largest absolute Gasteiger partial charge is 0.467 e. The van der Waals surface area contributed by atoms with E-state index in [1.165, 1.54) is 7.11 Å². The van der Waals surface area contributed by atoms with Crippen molar-refractivity contribution in [2.75, 3.05) is 33.5 Å². The van der Waals surface area contributed by atoms with Crippen molar-refractivity contribution in [3.05, 3.63) is 60.2 Å². The number of carbonyl (C=O) groups is 2. The van der Waals surface area contributed by atoms with Gasteiger partial charge in [0.05, 0.1) is 39.6 Å². The van der Waals surface area contributed by atoms with E-state index < -0.39 is 36.4 Å². The summed E-state index contributed by atoms with van der Waals surface area (Å²) in [5.41, 5.74) is 2.37. The van der Waals surface area contributed by atoms with Crippen LogP contribution in [0.25, 0.3) is 0 Å². The fourth-order valence-corrected chi connectivity index (χ4v) is 2.80. The van der Waals surface area contributed by atoms with E-state index in [1.807, 2.05) is 44.2 Å². The maximum Gasteiger partial charge on any atom is 0.408 e. The second-order valence-corrected chi connectivity index (χ2v) is 8.10. The molecule has 4 atom stereocenters. The van der Waals surface area contributed by atoms with Crippen molar-refractivity contribution in [3.8, 4) is 0 Å². The van der Waals surface area contributed by atoms with Gasteiger partial charge in [-0.05, 0) is 26.3 Å². The molecule has 9 nitrogen and oxygen atoms in total. The number of hydrogen-bond donors (Lipinski definition) is 2. The van der Waals surface area contributed by atoms with Crippen molar-refractivity contribution in [1.29, 1.82) is 0 Å². The number of esters is 1. The molecule has 1 unspecified atom stereocenters. The summed E-state index contributed by atoms with van der Waals surface area (Å²) in [5, 5.41) is 12.7. The molecule has 0 saturated heterocycles. The predicted octanol–water partition coefficient (Wildman–Crippen LogP) is 2.77. The first-order chi connectivity index (χ1) is 16.1. The summed E-state index contributed by atoms with van der Waals surface area (Å²) in [5.74, 6) is -0.693. The van der Waals surface area contributed by atoms with Crippen molar-refractivity contribution < 1.29 is 38.4 Å². The molecule has 0 aliphatic heterocycles. The Morgan fingerprint density at radius 2 is 1.65 bits per heavy atom. The van der Waals surface area contributed by atoms with Gasteiger partial charge in [0.1, 0.15) is 18.8 Å². The highest BCUT2D eigenvalue weighted by atomic mass is 16.6. The van der Waals surface area contributed by atoms with Crippen LogP contribution in [0.4, 0.5) is 4.79 Å². The average molecular weight is 480 g/mol. The van der Waals surface area contributed by atoms with E-state index in [0.29, 0.717) is 0 Å². The van der Waals surface area contributed by atoms with E-state index in [2.05, 4.69) is 18.5 Å². The highest BCUT2D eigenvalue weighted by Gasteiger charge is 2.29. The summed E-state index contributed by atoms with van der Waals surface area (Å²) in [4.78, 5) is 24.3. The van der Waals surface area contributed by atoms with Gasteiger partial charge in [-0.1, -0.05) is 54.6 Å². The first-order valence-corrected chi connectivity index (χ1v) is 11.0. The Hall–Kier alpha value is -2.72. The molecule has 9 heteroatoms. The van der Waals surface area contributed by atoms with Gasteiger partial charge in [0, 0.05) is 0 Å². The molecule has 0 aromatic heterocycles. The summed E-state index contributed by atoms with van der Waals surface area (Å²) >= 11 is 0. The molecule has 1 amide bonds. The first-order valence-electron chi connectivity index (χ1n) is 11.0. The van der Waals surface area contributed by atoms with Gasteiger partial charge in [-0.3, -0.25) is 0 Å². The van der Waals surface area contributed by atoms with E-state index in [-0.39, 0.29) is 33.0 Å². The van der Waals surface area contributed by atoms with E-state index in [0.717, 1.165) is 16.7 Å². The Morgan fingerprint density at radius 1 is 1.03 bits per heavy atom. The lowest BCUT2D eigenvalue weighted by atomic mass is 10.1. The average Bonchev–Trinajstić information content (AvgIpc) is 2.79. The summed E-state index contributed by atoms with van der Waals surface area (Å²) in [6.07, 6.45) is -3.03. The fraction of sp³-hybridized carbons (Fsp3) is 0.520. The number of carbonyl (C=O) groups excluding carboxylic acids is 2. The minimum atomic E-state index is -1.10. The Kier molecular flexibility index (Phi) is 13.8. The second kappa shape index (κ2) is 16.0.